The van der Waals surface area contributed by atoms with E-state index in [4.69, 9.17) is 18.6 Å². The lowest BCUT2D eigenvalue weighted by atomic mass is 10.1. The standard InChI is InChI=1S/C30H37N3O6/c1-23-9-10-26(39-23)21-33(20-24-7-5-4-6-8-24)29(34)22-32(12-11-31-13-15-38-16-14-31)30(35)25-17-27(36-2)19-28(18-25)37-3/h4-10,17-19H,11-16,20-22H2,1-3H3. The predicted molar refractivity (Wildman–Crippen MR) is 147 cm³/mol. The van der Waals surface area contributed by atoms with Crippen LogP contribution in [0.25, 0.3) is 0 Å². The Morgan fingerprint density at radius 1 is 0.897 bits per heavy atom. The summed E-state index contributed by atoms with van der Waals surface area (Å²) in [5.41, 5.74) is 1.40. The Hall–Kier alpha value is -3.82. The lowest BCUT2D eigenvalue weighted by Gasteiger charge is -2.31. The van der Waals surface area contributed by atoms with E-state index in [1.165, 1.54) is 0 Å². The van der Waals surface area contributed by atoms with E-state index in [1.54, 1.807) is 42.2 Å². The Morgan fingerprint density at radius 2 is 1.59 bits per heavy atom. The van der Waals surface area contributed by atoms with Crippen molar-refractivity contribution in [3.63, 3.8) is 0 Å². The first-order valence-corrected chi connectivity index (χ1v) is 13.1. The van der Waals surface area contributed by atoms with E-state index in [-0.39, 0.29) is 18.4 Å². The first-order valence-electron chi connectivity index (χ1n) is 13.1. The van der Waals surface area contributed by atoms with Gasteiger partial charge in [0.05, 0.1) is 34.0 Å². The van der Waals surface area contributed by atoms with Crippen molar-refractivity contribution in [3.05, 3.63) is 83.3 Å². The molecule has 0 bridgehead atoms. The number of furan rings is 1. The van der Waals surface area contributed by atoms with Gasteiger partial charge in [-0.1, -0.05) is 30.3 Å². The van der Waals surface area contributed by atoms with Crippen LogP contribution in [0.15, 0.2) is 65.1 Å². The molecule has 2 amide bonds. The molecule has 2 heterocycles. The number of carbonyl (C=O) groups is 2. The Labute approximate surface area is 229 Å². The maximum Gasteiger partial charge on any atom is 0.254 e. The summed E-state index contributed by atoms with van der Waals surface area (Å²) in [6, 6.07) is 18.6. The van der Waals surface area contributed by atoms with E-state index in [1.807, 2.05) is 49.4 Å². The fourth-order valence-corrected chi connectivity index (χ4v) is 4.51. The maximum absolute atomic E-state index is 13.8. The number of morpholine rings is 1. The number of rotatable bonds is 12. The highest BCUT2D eigenvalue weighted by Crippen LogP contribution is 2.24. The molecular formula is C30H37N3O6. The monoisotopic (exact) mass is 535 g/mol. The van der Waals surface area contributed by atoms with E-state index in [0.29, 0.717) is 62.2 Å². The summed E-state index contributed by atoms with van der Waals surface area (Å²) in [4.78, 5) is 33.2. The zero-order valence-electron chi connectivity index (χ0n) is 22.9. The molecule has 1 aliphatic rings. The molecule has 0 atom stereocenters. The quantitative estimate of drug-likeness (QED) is 0.350. The molecule has 3 aromatic rings. The van der Waals surface area contributed by atoms with Gasteiger partial charge in [-0.15, -0.1) is 0 Å². The number of nitrogens with zero attached hydrogens (tertiary/aromatic N) is 3. The van der Waals surface area contributed by atoms with Gasteiger partial charge in [0.25, 0.3) is 5.91 Å². The first-order chi connectivity index (χ1) is 18.9. The van der Waals surface area contributed by atoms with E-state index in [9.17, 15) is 9.59 Å². The van der Waals surface area contributed by atoms with Crippen LogP contribution in [-0.4, -0.2) is 86.7 Å². The minimum atomic E-state index is -0.262. The van der Waals surface area contributed by atoms with Gasteiger partial charge in [-0.05, 0) is 36.8 Å². The summed E-state index contributed by atoms with van der Waals surface area (Å²) in [7, 11) is 3.08. The van der Waals surface area contributed by atoms with Crippen LogP contribution in [0.5, 0.6) is 11.5 Å². The number of methoxy groups -OCH3 is 2. The van der Waals surface area contributed by atoms with Crippen LogP contribution in [0.2, 0.25) is 0 Å². The number of hydrogen-bond donors (Lipinski definition) is 0. The highest BCUT2D eigenvalue weighted by atomic mass is 16.5. The van der Waals surface area contributed by atoms with Gasteiger partial charge >= 0.3 is 0 Å². The molecule has 9 heteroatoms. The van der Waals surface area contributed by atoms with Gasteiger partial charge in [0, 0.05) is 44.4 Å². The van der Waals surface area contributed by atoms with Gasteiger partial charge in [0.1, 0.15) is 29.6 Å². The smallest absolute Gasteiger partial charge is 0.254 e. The van der Waals surface area contributed by atoms with Crippen LogP contribution < -0.4 is 9.47 Å². The number of carbonyl (C=O) groups excluding carboxylic acids is 2. The Bertz CT molecular complexity index is 1200. The molecule has 1 saturated heterocycles. The van der Waals surface area contributed by atoms with E-state index in [0.717, 1.165) is 24.4 Å². The summed E-state index contributed by atoms with van der Waals surface area (Å²) < 4.78 is 22.0. The normalized spacial score (nSPS) is 13.6. The SMILES string of the molecule is COc1cc(OC)cc(C(=O)N(CCN2CCOCC2)CC(=O)N(Cc2ccccc2)Cc2ccc(C)o2)c1. The lowest BCUT2D eigenvalue weighted by Crippen LogP contribution is -2.47. The third-order valence-corrected chi connectivity index (χ3v) is 6.71. The average Bonchev–Trinajstić information content (AvgIpc) is 3.39. The number of benzene rings is 2. The van der Waals surface area contributed by atoms with Crippen LogP contribution >= 0.6 is 0 Å². The Kier molecular flexibility index (Phi) is 9.99. The van der Waals surface area contributed by atoms with Crippen LogP contribution in [0, 0.1) is 6.92 Å². The first kappa shape index (κ1) is 28.2. The Morgan fingerprint density at radius 3 is 2.21 bits per heavy atom. The molecule has 0 spiro atoms. The van der Waals surface area contributed by atoms with E-state index < -0.39 is 0 Å². The topological polar surface area (TPSA) is 84.7 Å². The number of amides is 2. The molecule has 1 aliphatic heterocycles. The highest BCUT2D eigenvalue weighted by Gasteiger charge is 2.25. The van der Waals surface area contributed by atoms with Crippen molar-refractivity contribution >= 4 is 11.8 Å². The summed E-state index contributed by atoms with van der Waals surface area (Å²) in [6.07, 6.45) is 0. The average molecular weight is 536 g/mol. The fraction of sp³-hybridized carbons (Fsp3) is 0.400. The molecule has 9 nitrogen and oxygen atoms in total. The number of hydrogen-bond acceptors (Lipinski definition) is 7. The van der Waals surface area contributed by atoms with E-state index in [2.05, 4.69) is 4.90 Å². The molecule has 1 aromatic heterocycles. The Balaban J connectivity index is 1.57. The highest BCUT2D eigenvalue weighted by molar-refractivity contribution is 5.97. The molecule has 208 valence electrons. The van der Waals surface area contributed by atoms with Crippen molar-refractivity contribution < 1.29 is 28.2 Å². The second kappa shape index (κ2) is 13.8. The van der Waals surface area contributed by atoms with Gasteiger partial charge in [0.2, 0.25) is 5.91 Å². The third kappa shape index (κ3) is 8.08. The summed E-state index contributed by atoms with van der Waals surface area (Å²) in [5, 5.41) is 0. The van der Waals surface area contributed by atoms with E-state index >= 15 is 0 Å². The molecule has 0 radical (unpaired) electrons. The third-order valence-electron chi connectivity index (χ3n) is 6.71. The minimum Gasteiger partial charge on any atom is -0.497 e. The van der Waals surface area contributed by atoms with Gasteiger partial charge in [-0.3, -0.25) is 14.5 Å². The summed E-state index contributed by atoms with van der Waals surface area (Å²) in [5.74, 6) is 2.07. The molecule has 0 saturated carbocycles. The van der Waals surface area contributed by atoms with Gasteiger partial charge in [0.15, 0.2) is 0 Å². The van der Waals surface area contributed by atoms with Crippen LogP contribution in [0.4, 0.5) is 0 Å². The van der Waals surface area contributed by atoms with Gasteiger partial charge < -0.3 is 28.4 Å². The van der Waals surface area contributed by atoms with Crippen molar-refractivity contribution in [2.45, 2.75) is 20.0 Å². The second-order valence-corrected chi connectivity index (χ2v) is 9.53. The van der Waals surface area contributed by atoms with Crippen LogP contribution in [0.1, 0.15) is 27.4 Å². The van der Waals surface area contributed by atoms with Gasteiger partial charge in [-0.2, -0.15) is 0 Å². The van der Waals surface area contributed by atoms with Gasteiger partial charge in [-0.25, -0.2) is 0 Å². The predicted octanol–water partition coefficient (Wildman–Crippen LogP) is 3.61. The molecule has 1 fully saturated rings. The zero-order chi connectivity index (χ0) is 27.6. The zero-order valence-corrected chi connectivity index (χ0v) is 22.9. The molecule has 39 heavy (non-hydrogen) atoms. The molecule has 4 rings (SSSR count). The molecule has 2 aromatic carbocycles. The van der Waals surface area contributed by atoms with Crippen molar-refractivity contribution in [1.29, 1.82) is 0 Å². The lowest BCUT2D eigenvalue weighted by molar-refractivity contribution is -0.133. The van der Waals surface area contributed by atoms with Crippen molar-refractivity contribution in [1.82, 2.24) is 14.7 Å². The van der Waals surface area contributed by atoms with Crippen molar-refractivity contribution in [2.75, 3.05) is 60.2 Å². The van der Waals surface area contributed by atoms with Crippen molar-refractivity contribution in [3.8, 4) is 11.5 Å². The van der Waals surface area contributed by atoms with Crippen LogP contribution in [0.3, 0.4) is 0 Å². The maximum atomic E-state index is 13.8. The minimum absolute atomic E-state index is 0.0742. The molecule has 0 N–H and O–H groups in total. The molecule has 0 unspecified atom stereocenters. The fourth-order valence-electron chi connectivity index (χ4n) is 4.51. The van der Waals surface area contributed by atoms with Crippen molar-refractivity contribution in [2.24, 2.45) is 0 Å². The number of ether oxygens (including phenoxy) is 3. The summed E-state index contributed by atoms with van der Waals surface area (Å²) in [6.45, 7) is 6.44. The molecule has 0 aliphatic carbocycles. The summed E-state index contributed by atoms with van der Waals surface area (Å²) >= 11 is 0. The number of aryl methyl sites for hydroxylation is 1. The van der Waals surface area contributed by atoms with Crippen LogP contribution in [-0.2, 0) is 22.6 Å². The second-order valence-electron chi connectivity index (χ2n) is 9.53. The molecular weight excluding hydrogens is 498 g/mol. The largest absolute Gasteiger partial charge is 0.497 e.